The van der Waals surface area contributed by atoms with Crippen LogP contribution in [0.4, 0.5) is 0 Å². The summed E-state index contributed by atoms with van der Waals surface area (Å²) in [5.74, 6) is 0.921. The molecule has 0 fully saturated rings. The number of fused-ring (bicyclic) bond motifs is 1. The molecule has 5 nitrogen and oxygen atoms in total. The predicted octanol–water partition coefficient (Wildman–Crippen LogP) is 3.32. The second-order valence-corrected chi connectivity index (χ2v) is 6.73. The topological polar surface area (TPSA) is 60.8 Å². The first-order valence-electron chi connectivity index (χ1n) is 8.51. The number of rotatable bonds is 5. The maximum atomic E-state index is 9.89. The van der Waals surface area contributed by atoms with Crippen molar-refractivity contribution in [2.75, 3.05) is 7.11 Å². The minimum Gasteiger partial charge on any atom is -0.497 e. The van der Waals surface area contributed by atoms with E-state index < -0.39 is 5.79 Å². The number of pyridine rings is 1. The molecule has 5 heteroatoms. The van der Waals surface area contributed by atoms with Crippen LogP contribution in [0.1, 0.15) is 41.9 Å². The van der Waals surface area contributed by atoms with Gasteiger partial charge in [0.15, 0.2) is 0 Å². The number of aromatic nitrogens is 1. The molecule has 1 N–H and O–H groups in total. The molecule has 0 unspecified atom stereocenters. The number of ether oxygens (including phenoxy) is 3. The summed E-state index contributed by atoms with van der Waals surface area (Å²) in [6, 6.07) is 8.02. The summed E-state index contributed by atoms with van der Waals surface area (Å²) >= 11 is 0. The zero-order valence-electron chi connectivity index (χ0n) is 15.3. The van der Waals surface area contributed by atoms with Crippen LogP contribution in [0, 0.1) is 6.92 Å². The molecule has 134 valence electrons. The van der Waals surface area contributed by atoms with Crippen LogP contribution in [0.25, 0.3) is 0 Å². The Morgan fingerprint density at radius 3 is 2.56 bits per heavy atom. The second kappa shape index (κ2) is 7.02. The largest absolute Gasteiger partial charge is 0.497 e. The van der Waals surface area contributed by atoms with Crippen LogP contribution < -0.4 is 9.47 Å². The Morgan fingerprint density at radius 1 is 1.20 bits per heavy atom. The molecule has 25 heavy (non-hydrogen) atoms. The van der Waals surface area contributed by atoms with Crippen LogP contribution in [0.3, 0.4) is 0 Å². The van der Waals surface area contributed by atoms with E-state index in [1.807, 2.05) is 32.9 Å². The molecule has 2 aromatic rings. The molecule has 0 atom stereocenters. The Morgan fingerprint density at radius 2 is 1.92 bits per heavy atom. The molecule has 2 heterocycles. The molecule has 1 aromatic carbocycles. The molecule has 0 amide bonds. The molecule has 0 saturated heterocycles. The monoisotopic (exact) mass is 343 g/mol. The average molecular weight is 343 g/mol. The van der Waals surface area contributed by atoms with Gasteiger partial charge in [-0.3, -0.25) is 4.98 Å². The fourth-order valence-electron chi connectivity index (χ4n) is 3.11. The van der Waals surface area contributed by atoms with E-state index in [0.29, 0.717) is 6.61 Å². The Balaban J connectivity index is 1.85. The van der Waals surface area contributed by atoms with E-state index >= 15 is 0 Å². The molecule has 3 rings (SSSR count). The first-order valence-corrected chi connectivity index (χ1v) is 8.51. The molecular formula is C20H25NO4. The lowest BCUT2D eigenvalue weighted by molar-refractivity contribution is -0.181. The van der Waals surface area contributed by atoms with Gasteiger partial charge in [-0.25, -0.2) is 0 Å². The van der Waals surface area contributed by atoms with Gasteiger partial charge in [-0.15, -0.1) is 0 Å². The highest BCUT2D eigenvalue weighted by Gasteiger charge is 2.31. The van der Waals surface area contributed by atoms with Crippen molar-refractivity contribution in [2.24, 2.45) is 0 Å². The molecule has 0 bridgehead atoms. The molecule has 1 aromatic heterocycles. The van der Waals surface area contributed by atoms with Crippen LogP contribution >= 0.6 is 0 Å². The third kappa shape index (κ3) is 3.78. The maximum Gasteiger partial charge on any atom is 0.205 e. The van der Waals surface area contributed by atoms with Crippen molar-refractivity contribution < 1.29 is 19.3 Å². The summed E-state index contributed by atoms with van der Waals surface area (Å²) in [5.41, 5.74) is 4.69. The molecule has 1 aliphatic heterocycles. The van der Waals surface area contributed by atoms with Crippen LogP contribution in [-0.2, 0) is 30.8 Å². The number of aryl methyl sites for hydroxylation is 3. The van der Waals surface area contributed by atoms with Gasteiger partial charge < -0.3 is 19.3 Å². The number of aliphatic hydroxyl groups excluding tert-OH is 1. The summed E-state index contributed by atoms with van der Waals surface area (Å²) in [5, 5.41) is 9.89. The first kappa shape index (κ1) is 17.7. The van der Waals surface area contributed by atoms with Crippen LogP contribution in [0.2, 0.25) is 0 Å². The average Bonchev–Trinajstić information content (AvgIpc) is 2.60. The molecule has 1 aliphatic rings. The van der Waals surface area contributed by atoms with E-state index in [2.05, 4.69) is 12.1 Å². The van der Waals surface area contributed by atoms with Crippen LogP contribution in [-0.4, -0.2) is 23.0 Å². The number of benzene rings is 1. The number of hydrogen-bond acceptors (Lipinski definition) is 5. The normalized spacial score (nSPS) is 15.4. The van der Waals surface area contributed by atoms with E-state index in [1.165, 1.54) is 5.56 Å². The van der Waals surface area contributed by atoms with Gasteiger partial charge >= 0.3 is 0 Å². The van der Waals surface area contributed by atoms with Crippen molar-refractivity contribution in [3.63, 3.8) is 0 Å². The van der Waals surface area contributed by atoms with Gasteiger partial charge in [0.2, 0.25) is 5.79 Å². The second-order valence-electron chi connectivity index (χ2n) is 6.73. The van der Waals surface area contributed by atoms with E-state index in [-0.39, 0.29) is 6.61 Å². The fraction of sp³-hybridized carbons (Fsp3) is 0.450. The summed E-state index contributed by atoms with van der Waals surface area (Å²) in [7, 11) is 1.66. The van der Waals surface area contributed by atoms with Gasteiger partial charge in [0.25, 0.3) is 0 Å². The highest BCUT2D eigenvalue weighted by Crippen LogP contribution is 2.36. The van der Waals surface area contributed by atoms with Crippen molar-refractivity contribution in [3.05, 3.63) is 52.3 Å². The van der Waals surface area contributed by atoms with Crippen molar-refractivity contribution >= 4 is 0 Å². The zero-order chi connectivity index (χ0) is 18.0. The van der Waals surface area contributed by atoms with Gasteiger partial charge in [0.1, 0.15) is 11.5 Å². The Kier molecular flexibility index (Phi) is 4.97. The summed E-state index contributed by atoms with van der Waals surface area (Å²) in [6.07, 6.45) is 1.59. The number of nitrogens with zero attached hydrogens (tertiary/aromatic N) is 1. The lowest BCUT2D eigenvalue weighted by Crippen LogP contribution is -2.36. The Bertz CT molecular complexity index is 753. The molecular weight excluding hydrogens is 318 g/mol. The van der Waals surface area contributed by atoms with Crippen molar-refractivity contribution in [1.82, 2.24) is 4.98 Å². The summed E-state index contributed by atoms with van der Waals surface area (Å²) in [6.45, 7) is 6.06. The number of aliphatic hydroxyl groups is 1. The number of methoxy groups -OCH3 is 1. The third-order valence-corrected chi connectivity index (χ3v) is 4.50. The minimum absolute atomic E-state index is 0.0687. The first-order chi connectivity index (χ1) is 11.9. The SMILES string of the molecule is COc1ccc(CCc2nc(C)c3c(c2CO)COC(C)(C)O3)cc1. The van der Waals surface area contributed by atoms with Crippen molar-refractivity contribution in [3.8, 4) is 11.5 Å². The highest BCUT2D eigenvalue weighted by atomic mass is 16.7. The maximum absolute atomic E-state index is 9.89. The van der Waals surface area contributed by atoms with Crippen molar-refractivity contribution in [1.29, 1.82) is 0 Å². The summed E-state index contributed by atoms with van der Waals surface area (Å²) < 4.78 is 16.9. The zero-order valence-corrected chi connectivity index (χ0v) is 15.3. The van der Waals surface area contributed by atoms with E-state index in [4.69, 9.17) is 19.2 Å². The molecule has 0 aliphatic carbocycles. The molecule has 0 spiro atoms. The van der Waals surface area contributed by atoms with Gasteiger partial charge in [0.05, 0.1) is 26.0 Å². The van der Waals surface area contributed by atoms with Crippen LogP contribution in [0.5, 0.6) is 11.5 Å². The third-order valence-electron chi connectivity index (χ3n) is 4.50. The van der Waals surface area contributed by atoms with E-state index in [9.17, 15) is 5.11 Å². The highest BCUT2D eigenvalue weighted by molar-refractivity contribution is 5.46. The van der Waals surface area contributed by atoms with E-state index in [1.54, 1.807) is 7.11 Å². The van der Waals surface area contributed by atoms with Crippen molar-refractivity contribution in [2.45, 2.75) is 52.6 Å². The minimum atomic E-state index is -0.670. The van der Waals surface area contributed by atoms with E-state index in [0.717, 1.165) is 46.9 Å². The quantitative estimate of drug-likeness (QED) is 0.902. The van der Waals surface area contributed by atoms with Crippen LogP contribution in [0.15, 0.2) is 24.3 Å². The Hall–Kier alpha value is -2.11. The van der Waals surface area contributed by atoms with Gasteiger partial charge in [-0.1, -0.05) is 12.1 Å². The fourth-order valence-corrected chi connectivity index (χ4v) is 3.11. The smallest absolute Gasteiger partial charge is 0.205 e. The lowest BCUT2D eigenvalue weighted by Gasteiger charge is -2.34. The standard InChI is InChI=1S/C20H25NO4/c1-13-19-17(12-24-20(2,3)25-19)16(11-22)18(21-13)10-7-14-5-8-15(23-4)9-6-14/h5-6,8-9,22H,7,10-12H2,1-4H3. The molecule has 0 radical (unpaired) electrons. The van der Waals surface area contributed by atoms with Gasteiger partial charge in [0, 0.05) is 30.7 Å². The van der Waals surface area contributed by atoms with Gasteiger partial charge in [-0.2, -0.15) is 0 Å². The van der Waals surface area contributed by atoms with Gasteiger partial charge in [-0.05, 0) is 37.5 Å². The number of hydrogen-bond donors (Lipinski definition) is 1. The molecule has 0 saturated carbocycles. The lowest BCUT2D eigenvalue weighted by atomic mass is 9.99. The predicted molar refractivity (Wildman–Crippen MR) is 94.8 cm³/mol. The Labute approximate surface area is 148 Å². The summed E-state index contributed by atoms with van der Waals surface area (Å²) in [4.78, 5) is 4.71.